The molecule has 0 saturated carbocycles. The minimum absolute atomic E-state index is 0.124. The largest absolute Gasteiger partial charge is 0.476 e. The maximum absolute atomic E-state index is 11.6. The molecule has 94 valence electrons. The zero-order chi connectivity index (χ0) is 13.3. The number of carboxylic acid groups (broad SMARTS) is 1. The summed E-state index contributed by atoms with van der Waals surface area (Å²) >= 11 is 0. The lowest BCUT2D eigenvalue weighted by molar-refractivity contribution is 0.0686. The number of aromatic carboxylic acids is 1. The molecule has 0 fully saturated rings. The van der Waals surface area contributed by atoms with Crippen molar-refractivity contribution in [3.63, 3.8) is 0 Å². The molecule has 0 radical (unpaired) electrons. The number of aromatic nitrogens is 2. The van der Waals surface area contributed by atoms with Crippen molar-refractivity contribution in [1.82, 2.24) is 9.55 Å². The molecule has 0 aliphatic heterocycles. The summed E-state index contributed by atoms with van der Waals surface area (Å²) in [6.07, 6.45) is 0. The van der Waals surface area contributed by atoms with Crippen molar-refractivity contribution in [3.05, 3.63) is 51.6 Å². The van der Waals surface area contributed by atoms with E-state index < -0.39 is 11.7 Å². The zero-order valence-corrected chi connectivity index (χ0v) is 9.80. The summed E-state index contributed by atoms with van der Waals surface area (Å²) in [6.45, 7) is 2.08. The van der Waals surface area contributed by atoms with Gasteiger partial charge < -0.3 is 10.8 Å². The summed E-state index contributed by atoms with van der Waals surface area (Å²) in [6, 6.07) is 7.46. The van der Waals surface area contributed by atoms with E-state index in [-0.39, 0.29) is 18.1 Å². The van der Waals surface area contributed by atoms with Gasteiger partial charge in [-0.1, -0.05) is 24.3 Å². The van der Waals surface area contributed by atoms with Gasteiger partial charge in [0.25, 0.3) is 0 Å². The van der Waals surface area contributed by atoms with Crippen LogP contribution in [0, 0.1) is 6.92 Å². The SMILES string of the molecule is Cc1ccccc1Cn1c(C(=O)O)c(N)[nH]c1=O. The predicted molar refractivity (Wildman–Crippen MR) is 66.7 cm³/mol. The highest BCUT2D eigenvalue weighted by Crippen LogP contribution is 2.12. The zero-order valence-electron chi connectivity index (χ0n) is 9.80. The molecule has 0 bridgehead atoms. The van der Waals surface area contributed by atoms with Crippen LogP contribution in [0.1, 0.15) is 21.6 Å². The first-order valence-electron chi connectivity index (χ1n) is 5.36. The fourth-order valence-corrected chi connectivity index (χ4v) is 1.83. The van der Waals surface area contributed by atoms with Gasteiger partial charge in [0.1, 0.15) is 5.82 Å². The summed E-state index contributed by atoms with van der Waals surface area (Å²) in [5.41, 5.74) is 6.61. The Morgan fingerprint density at radius 1 is 1.44 bits per heavy atom. The third-order valence-corrected chi connectivity index (χ3v) is 2.80. The summed E-state index contributed by atoms with van der Waals surface area (Å²) in [7, 11) is 0. The standard InChI is InChI=1S/C12H13N3O3/c1-7-4-2-3-5-8(7)6-15-9(11(16)17)10(13)14-12(15)18/h2-5H,6,13H2,1H3,(H,14,18)(H,16,17). The number of anilines is 1. The van der Waals surface area contributed by atoms with Crippen LogP contribution in [0.4, 0.5) is 5.82 Å². The van der Waals surface area contributed by atoms with Crippen LogP contribution in [-0.2, 0) is 6.54 Å². The van der Waals surface area contributed by atoms with Crippen molar-refractivity contribution in [3.8, 4) is 0 Å². The van der Waals surface area contributed by atoms with Crippen LogP contribution in [0.3, 0.4) is 0 Å². The Bertz CT molecular complexity index is 655. The highest BCUT2D eigenvalue weighted by atomic mass is 16.4. The number of nitrogens with two attached hydrogens (primary N) is 1. The molecule has 0 aliphatic rings. The molecule has 0 amide bonds. The van der Waals surface area contributed by atoms with Crippen LogP contribution >= 0.6 is 0 Å². The van der Waals surface area contributed by atoms with Gasteiger partial charge in [-0.2, -0.15) is 0 Å². The molecule has 0 aliphatic carbocycles. The molecule has 0 unspecified atom stereocenters. The number of nitrogens with zero attached hydrogens (tertiary/aromatic N) is 1. The maximum atomic E-state index is 11.6. The first-order valence-corrected chi connectivity index (χ1v) is 5.36. The first kappa shape index (κ1) is 12.0. The molecule has 2 rings (SSSR count). The van der Waals surface area contributed by atoms with Gasteiger partial charge >= 0.3 is 11.7 Å². The van der Waals surface area contributed by atoms with E-state index in [1.165, 1.54) is 0 Å². The average Bonchev–Trinajstić information content (AvgIpc) is 2.57. The first-order chi connectivity index (χ1) is 8.50. The quantitative estimate of drug-likeness (QED) is 0.747. The molecule has 0 saturated heterocycles. The molecule has 6 nitrogen and oxygen atoms in total. The van der Waals surface area contributed by atoms with Crippen LogP contribution < -0.4 is 11.4 Å². The second-order valence-corrected chi connectivity index (χ2v) is 4.01. The molecule has 18 heavy (non-hydrogen) atoms. The third-order valence-electron chi connectivity index (χ3n) is 2.80. The molecular formula is C12H13N3O3. The van der Waals surface area contributed by atoms with Crippen molar-refractivity contribution in [2.24, 2.45) is 0 Å². The van der Waals surface area contributed by atoms with Crippen molar-refractivity contribution in [1.29, 1.82) is 0 Å². The number of aromatic amines is 1. The van der Waals surface area contributed by atoms with Gasteiger partial charge in [0.15, 0.2) is 5.69 Å². The van der Waals surface area contributed by atoms with Gasteiger partial charge in [0, 0.05) is 0 Å². The minimum Gasteiger partial charge on any atom is -0.476 e. The molecule has 1 heterocycles. The lowest BCUT2D eigenvalue weighted by Crippen LogP contribution is -2.22. The van der Waals surface area contributed by atoms with Crippen LogP contribution in [0.2, 0.25) is 0 Å². The van der Waals surface area contributed by atoms with Crippen LogP contribution in [0.5, 0.6) is 0 Å². The highest BCUT2D eigenvalue weighted by Gasteiger charge is 2.18. The topological polar surface area (TPSA) is 101 Å². The molecule has 0 spiro atoms. The number of nitrogens with one attached hydrogen (secondary N) is 1. The van der Waals surface area contributed by atoms with Crippen molar-refractivity contribution in [2.45, 2.75) is 13.5 Å². The molecule has 1 aromatic carbocycles. The number of rotatable bonds is 3. The van der Waals surface area contributed by atoms with Crippen LogP contribution in [-0.4, -0.2) is 20.6 Å². The van der Waals surface area contributed by atoms with E-state index in [1.54, 1.807) is 0 Å². The predicted octanol–water partition coefficient (Wildman–Crippen LogP) is 0.814. The minimum atomic E-state index is -1.22. The van der Waals surface area contributed by atoms with Crippen LogP contribution in [0.15, 0.2) is 29.1 Å². The van der Waals surface area contributed by atoms with E-state index >= 15 is 0 Å². The summed E-state index contributed by atoms with van der Waals surface area (Å²) in [5, 5.41) is 9.05. The number of H-pyrrole nitrogens is 1. The van der Waals surface area contributed by atoms with Gasteiger partial charge in [0.2, 0.25) is 0 Å². The second kappa shape index (κ2) is 4.40. The van der Waals surface area contributed by atoms with Crippen LogP contribution in [0.25, 0.3) is 0 Å². The number of imidazole rings is 1. The van der Waals surface area contributed by atoms with Gasteiger partial charge in [-0.05, 0) is 18.1 Å². The monoisotopic (exact) mass is 247 g/mol. The molecule has 1 aromatic heterocycles. The van der Waals surface area contributed by atoms with Gasteiger partial charge in [-0.3, -0.25) is 9.55 Å². The van der Waals surface area contributed by atoms with E-state index in [0.717, 1.165) is 15.7 Å². The van der Waals surface area contributed by atoms with Crippen molar-refractivity contribution < 1.29 is 9.90 Å². The smallest absolute Gasteiger partial charge is 0.356 e. The Hall–Kier alpha value is -2.50. The Labute approximate surface area is 103 Å². The normalized spacial score (nSPS) is 10.5. The van der Waals surface area contributed by atoms with E-state index in [1.807, 2.05) is 31.2 Å². The summed E-state index contributed by atoms with van der Waals surface area (Å²) in [4.78, 5) is 25.0. The molecule has 6 heteroatoms. The van der Waals surface area contributed by atoms with Crippen molar-refractivity contribution >= 4 is 11.8 Å². The fourth-order valence-electron chi connectivity index (χ4n) is 1.83. The Balaban J connectivity index is 2.50. The fraction of sp³-hybridized carbons (Fsp3) is 0.167. The van der Waals surface area contributed by atoms with E-state index in [2.05, 4.69) is 4.98 Å². The van der Waals surface area contributed by atoms with Gasteiger partial charge in [-0.25, -0.2) is 9.59 Å². The summed E-state index contributed by atoms with van der Waals surface area (Å²) in [5.74, 6) is -1.35. The van der Waals surface area contributed by atoms with Crippen molar-refractivity contribution in [2.75, 3.05) is 5.73 Å². The van der Waals surface area contributed by atoms with Gasteiger partial charge in [0.05, 0.1) is 6.54 Å². The highest BCUT2D eigenvalue weighted by molar-refractivity contribution is 5.90. The van der Waals surface area contributed by atoms with E-state index in [0.29, 0.717) is 0 Å². The third kappa shape index (κ3) is 2.00. The number of carbonyl (C=O) groups is 1. The molecular weight excluding hydrogens is 234 g/mol. The lowest BCUT2D eigenvalue weighted by atomic mass is 10.1. The number of aryl methyl sites for hydroxylation is 1. The second-order valence-electron chi connectivity index (χ2n) is 4.01. The molecule has 0 atom stereocenters. The number of carboxylic acids is 1. The molecule has 2 aromatic rings. The summed E-state index contributed by atoms with van der Waals surface area (Å²) < 4.78 is 1.12. The van der Waals surface area contributed by atoms with E-state index in [4.69, 9.17) is 10.8 Å². The van der Waals surface area contributed by atoms with Gasteiger partial charge in [-0.15, -0.1) is 0 Å². The molecule has 4 N–H and O–H groups in total. The lowest BCUT2D eigenvalue weighted by Gasteiger charge is -2.07. The Kier molecular flexibility index (Phi) is 2.93. The number of hydrogen-bond acceptors (Lipinski definition) is 3. The maximum Gasteiger partial charge on any atom is 0.356 e. The number of benzene rings is 1. The number of hydrogen-bond donors (Lipinski definition) is 3. The number of nitrogen functional groups attached to an aromatic ring is 1. The average molecular weight is 247 g/mol. The Morgan fingerprint density at radius 2 is 2.11 bits per heavy atom. The van der Waals surface area contributed by atoms with E-state index in [9.17, 15) is 9.59 Å². The Morgan fingerprint density at radius 3 is 2.72 bits per heavy atom.